The molecule has 0 aromatic heterocycles. The lowest BCUT2D eigenvalue weighted by Gasteiger charge is -2.24. The van der Waals surface area contributed by atoms with Crippen molar-refractivity contribution < 1.29 is 10.2 Å². The van der Waals surface area contributed by atoms with Crippen molar-refractivity contribution in [1.29, 1.82) is 0 Å². The van der Waals surface area contributed by atoms with Crippen molar-refractivity contribution in [3.63, 3.8) is 0 Å². The Balaban J connectivity index is 1.75. The molecule has 3 N–H and O–H groups in total. The zero-order chi connectivity index (χ0) is 13.0. The van der Waals surface area contributed by atoms with Crippen LogP contribution in [-0.4, -0.2) is 40.8 Å². The molecule has 0 aliphatic carbocycles. The van der Waals surface area contributed by atoms with Gasteiger partial charge in [0.1, 0.15) is 0 Å². The highest BCUT2D eigenvalue weighted by Crippen LogP contribution is 2.24. The molecule has 0 spiro atoms. The minimum absolute atomic E-state index is 0.0538. The van der Waals surface area contributed by atoms with Crippen molar-refractivity contribution in [2.24, 2.45) is 0 Å². The number of nitrogens with one attached hydrogen (secondary N) is 1. The maximum atomic E-state index is 9.40. The number of rotatable bonds is 5. The van der Waals surface area contributed by atoms with E-state index >= 15 is 0 Å². The van der Waals surface area contributed by atoms with E-state index in [0.29, 0.717) is 12.6 Å². The third-order valence-corrected chi connectivity index (χ3v) is 3.57. The third-order valence-electron chi connectivity index (χ3n) is 3.57. The van der Waals surface area contributed by atoms with Crippen molar-refractivity contribution in [2.75, 3.05) is 19.6 Å². The molecule has 0 amide bonds. The number of hydrogen-bond acceptors (Lipinski definition) is 4. The fraction of sp³-hybridized carbons (Fsp3) is 0.571. The van der Waals surface area contributed by atoms with Crippen molar-refractivity contribution in [2.45, 2.75) is 32.4 Å². The van der Waals surface area contributed by atoms with E-state index in [2.05, 4.69) is 17.1 Å². The quantitative estimate of drug-likeness (QED) is 0.696. The zero-order valence-electron chi connectivity index (χ0n) is 10.9. The van der Waals surface area contributed by atoms with Gasteiger partial charge in [-0.15, -0.1) is 0 Å². The fourth-order valence-corrected chi connectivity index (χ4v) is 2.42. The number of likely N-dealkylation sites (tertiary alicyclic amines) is 1. The van der Waals surface area contributed by atoms with E-state index in [4.69, 9.17) is 0 Å². The second kappa shape index (κ2) is 6.07. The normalized spacial score (nSPS) is 18.1. The molecule has 2 rings (SSSR count). The summed E-state index contributed by atoms with van der Waals surface area (Å²) in [5, 5.41) is 22.0. The average molecular weight is 250 g/mol. The van der Waals surface area contributed by atoms with E-state index in [9.17, 15) is 10.2 Å². The van der Waals surface area contributed by atoms with Gasteiger partial charge in [0.25, 0.3) is 0 Å². The summed E-state index contributed by atoms with van der Waals surface area (Å²) in [7, 11) is 0. The Morgan fingerprint density at radius 3 is 2.61 bits per heavy atom. The van der Waals surface area contributed by atoms with Crippen LogP contribution >= 0.6 is 0 Å². The maximum absolute atomic E-state index is 9.40. The SMILES string of the molecule is CC(CNCc1ccc(O)c(O)c1)N1CCCC1. The van der Waals surface area contributed by atoms with E-state index < -0.39 is 0 Å². The maximum Gasteiger partial charge on any atom is 0.157 e. The van der Waals surface area contributed by atoms with Crippen LogP contribution < -0.4 is 5.32 Å². The van der Waals surface area contributed by atoms with Gasteiger partial charge in [0, 0.05) is 19.1 Å². The first-order valence-electron chi connectivity index (χ1n) is 6.62. The third kappa shape index (κ3) is 3.37. The number of aromatic hydroxyl groups is 2. The van der Waals surface area contributed by atoms with Crippen molar-refractivity contribution in [1.82, 2.24) is 10.2 Å². The van der Waals surface area contributed by atoms with Gasteiger partial charge in [0.05, 0.1) is 0 Å². The molecule has 4 nitrogen and oxygen atoms in total. The first-order valence-corrected chi connectivity index (χ1v) is 6.62. The second-order valence-corrected chi connectivity index (χ2v) is 5.05. The molecule has 1 aromatic rings. The Morgan fingerprint density at radius 1 is 1.22 bits per heavy atom. The minimum Gasteiger partial charge on any atom is -0.504 e. The summed E-state index contributed by atoms with van der Waals surface area (Å²) in [5.74, 6) is -0.119. The Hall–Kier alpha value is -1.26. The summed E-state index contributed by atoms with van der Waals surface area (Å²) < 4.78 is 0. The van der Waals surface area contributed by atoms with Gasteiger partial charge in [-0.1, -0.05) is 6.07 Å². The minimum atomic E-state index is -0.0656. The van der Waals surface area contributed by atoms with Crippen LogP contribution in [0.2, 0.25) is 0 Å². The van der Waals surface area contributed by atoms with Crippen LogP contribution in [0, 0.1) is 0 Å². The van der Waals surface area contributed by atoms with Gasteiger partial charge in [-0.25, -0.2) is 0 Å². The molecule has 1 unspecified atom stereocenters. The highest BCUT2D eigenvalue weighted by molar-refractivity contribution is 5.40. The van der Waals surface area contributed by atoms with E-state index in [1.165, 1.54) is 32.0 Å². The van der Waals surface area contributed by atoms with Crippen LogP contribution in [0.3, 0.4) is 0 Å². The lowest BCUT2D eigenvalue weighted by molar-refractivity contribution is 0.251. The molecule has 100 valence electrons. The highest BCUT2D eigenvalue weighted by Gasteiger charge is 2.17. The number of phenols is 2. The smallest absolute Gasteiger partial charge is 0.157 e. The van der Waals surface area contributed by atoms with E-state index in [1.807, 2.05) is 6.07 Å². The molecule has 1 fully saturated rings. The fourth-order valence-electron chi connectivity index (χ4n) is 2.42. The Bertz CT molecular complexity index is 389. The first kappa shape index (κ1) is 13.2. The lowest BCUT2D eigenvalue weighted by Crippen LogP contribution is -2.38. The summed E-state index contributed by atoms with van der Waals surface area (Å²) >= 11 is 0. The van der Waals surface area contributed by atoms with Gasteiger partial charge in [-0.3, -0.25) is 4.90 Å². The molecule has 1 atom stereocenters. The molecule has 1 aliphatic heterocycles. The Morgan fingerprint density at radius 2 is 1.94 bits per heavy atom. The molecule has 1 aromatic carbocycles. The van der Waals surface area contributed by atoms with Gasteiger partial charge in [-0.05, 0) is 50.6 Å². The molecular formula is C14H22N2O2. The molecule has 1 saturated heterocycles. The number of benzene rings is 1. The molecule has 0 bridgehead atoms. The van der Waals surface area contributed by atoms with Crippen LogP contribution in [0.1, 0.15) is 25.3 Å². The standard InChI is InChI=1S/C14H22N2O2/c1-11(16-6-2-3-7-16)9-15-10-12-4-5-13(17)14(18)8-12/h4-5,8,11,15,17-18H,2-3,6-7,9-10H2,1H3. The van der Waals surface area contributed by atoms with Crippen molar-refractivity contribution in [3.05, 3.63) is 23.8 Å². The van der Waals surface area contributed by atoms with Crippen LogP contribution in [0.5, 0.6) is 11.5 Å². The van der Waals surface area contributed by atoms with Gasteiger partial charge in [0.15, 0.2) is 11.5 Å². The number of phenolic OH excluding ortho intramolecular Hbond substituents is 2. The summed E-state index contributed by atoms with van der Waals surface area (Å²) in [6.45, 7) is 6.33. The topological polar surface area (TPSA) is 55.7 Å². The second-order valence-electron chi connectivity index (χ2n) is 5.05. The van der Waals surface area contributed by atoms with Gasteiger partial charge < -0.3 is 15.5 Å². The summed E-state index contributed by atoms with van der Waals surface area (Å²) in [6, 6.07) is 5.50. The summed E-state index contributed by atoms with van der Waals surface area (Å²) in [4.78, 5) is 2.50. The van der Waals surface area contributed by atoms with Crippen LogP contribution in [0.25, 0.3) is 0 Å². The molecule has 0 radical (unpaired) electrons. The summed E-state index contributed by atoms with van der Waals surface area (Å²) in [6.07, 6.45) is 2.63. The summed E-state index contributed by atoms with van der Waals surface area (Å²) in [5.41, 5.74) is 0.985. The lowest BCUT2D eigenvalue weighted by atomic mass is 10.2. The van der Waals surface area contributed by atoms with Crippen LogP contribution in [-0.2, 0) is 6.54 Å². The molecule has 18 heavy (non-hydrogen) atoms. The van der Waals surface area contributed by atoms with E-state index in [1.54, 1.807) is 6.07 Å². The van der Waals surface area contributed by atoms with Gasteiger partial charge >= 0.3 is 0 Å². The van der Waals surface area contributed by atoms with Gasteiger partial charge in [0.2, 0.25) is 0 Å². The molecular weight excluding hydrogens is 228 g/mol. The molecule has 0 saturated carbocycles. The molecule has 1 aliphatic rings. The highest BCUT2D eigenvalue weighted by atomic mass is 16.3. The Labute approximate surface area is 108 Å². The molecule has 4 heteroatoms. The Kier molecular flexibility index (Phi) is 4.44. The van der Waals surface area contributed by atoms with Crippen molar-refractivity contribution >= 4 is 0 Å². The zero-order valence-corrected chi connectivity index (χ0v) is 10.9. The predicted molar refractivity (Wildman–Crippen MR) is 71.7 cm³/mol. The van der Waals surface area contributed by atoms with Crippen LogP contribution in [0.4, 0.5) is 0 Å². The van der Waals surface area contributed by atoms with E-state index in [0.717, 1.165) is 12.1 Å². The number of nitrogens with zero attached hydrogens (tertiary/aromatic N) is 1. The van der Waals surface area contributed by atoms with Gasteiger partial charge in [-0.2, -0.15) is 0 Å². The van der Waals surface area contributed by atoms with Crippen molar-refractivity contribution in [3.8, 4) is 11.5 Å². The number of hydrogen-bond donors (Lipinski definition) is 3. The molecule has 1 heterocycles. The largest absolute Gasteiger partial charge is 0.504 e. The predicted octanol–water partition coefficient (Wildman–Crippen LogP) is 1.67. The average Bonchev–Trinajstić information content (AvgIpc) is 2.87. The van der Waals surface area contributed by atoms with E-state index in [-0.39, 0.29) is 11.5 Å². The first-order chi connectivity index (χ1) is 8.66. The van der Waals surface area contributed by atoms with Crippen LogP contribution in [0.15, 0.2) is 18.2 Å². The monoisotopic (exact) mass is 250 g/mol.